The Bertz CT molecular complexity index is 657. The minimum absolute atomic E-state index is 0.0698. The summed E-state index contributed by atoms with van der Waals surface area (Å²) in [5.41, 5.74) is 1.31. The number of nitriles is 1. The van der Waals surface area contributed by atoms with Crippen LogP contribution in [0.3, 0.4) is 0 Å². The Morgan fingerprint density at radius 3 is 2.79 bits per heavy atom. The van der Waals surface area contributed by atoms with Crippen molar-refractivity contribution in [3.8, 4) is 11.8 Å². The molecule has 0 saturated heterocycles. The molecule has 0 spiro atoms. The van der Waals surface area contributed by atoms with Crippen LogP contribution in [0.15, 0.2) is 36.5 Å². The minimum Gasteiger partial charge on any atom is -0.508 e. The zero-order valence-electron chi connectivity index (χ0n) is 10.2. The van der Waals surface area contributed by atoms with E-state index < -0.39 is 0 Å². The number of aromatic nitrogens is 1. The Kier molecular flexibility index (Phi) is 3.44. The van der Waals surface area contributed by atoms with E-state index in [1.165, 1.54) is 12.3 Å². The van der Waals surface area contributed by atoms with Gasteiger partial charge in [-0.1, -0.05) is 6.07 Å². The van der Waals surface area contributed by atoms with Gasteiger partial charge in [-0.25, -0.2) is 4.98 Å². The smallest absolute Gasteiger partial charge is 0.257 e. The first-order valence-electron chi connectivity index (χ1n) is 5.58. The molecule has 2 N–H and O–H groups in total. The molecule has 94 valence electrons. The fourth-order valence-corrected chi connectivity index (χ4v) is 1.59. The first-order chi connectivity index (χ1) is 9.11. The van der Waals surface area contributed by atoms with E-state index in [4.69, 9.17) is 5.26 Å². The van der Waals surface area contributed by atoms with Crippen LogP contribution in [-0.4, -0.2) is 16.0 Å². The van der Waals surface area contributed by atoms with E-state index >= 15 is 0 Å². The summed E-state index contributed by atoms with van der Waals surface area (Å²) >= 11 is 0. The minimum atomic E-state index is -0.356. The Labute approximate surface area is 110 Å². The lowest BCUT2D eigenvalue weighted by Crippen LogP contribution is -2.14. The molecular weight excluding hydrogens is 242 g/mol. The summed E-state index contributed by atoms with van der Waals surface area (Å²) in [5.74, 6) is 0.0674. The van der Waals surface area contributed by atoms with E-state index in [9.17, 15) is 9.90 Å². The zero-order chi connectivity index (χ0) is 13.8. The highest BCUT2D eigenvalue weighted by Crippen LogP contribution is 2.20. The predicted octanol–water partition coefficient (Wildman–Crippen LogP) is 2.22. The van der Waals surface area contributed by atoms with Gasteiger partial charge in [-0.3, -0.25) is 4.79 Å². The maximum Gasteiger partial charge on any atom is 0.257 e. The molecule has 5 nitrogen and oxygen atoms in total. The molecule has 0 radical (unpaired) electrons. The van der Waals surface area contributed by atoms with E-state index in [0.717, 1.165) is 0 Å². The van der Waals surface area contributed by atoms with E-state index in [1.54, 1.807) is 31.2 Å². The van der Waals surface area contributed by atoms with Crippen molar-refractivity contribution in [1.82, 2.24) is 4.98 Å². The van der Waals surface area contributed by atoms with Crippen LogP contribution in [0.1, 0.15) is 21.5 Å². The maximum absolute atomic E-state index is 12.0. The van der Waals surface area contributed by atoms with Gasteiger partial charge in [0.1, 0.15) is 17.6 Å². The molecule has 0 atom stereocenters. The summed E-state index contributed by atoms with van der Waals surface area (Å²) in [6, 6.07) is 9.80. The molecule has 1 aromatic carbocycles. The number of carbonyl (C=O) groups is 1. The van der Waals surface area contributed by atoms with Crippen molar-refractivity contribution in [2.24, 2.45) is 0 Å². The Morgan fingerprint density at radius 1 is 1.37 bits per heavy atom. The number of rotatable bonds is 2. The van der Waals surface area contributed by atoms with Crippen LogP contribution in [0.2, 0.25) is 0 Å². The molecular formula is C14H11N3O2. The Hall–Kier alpha value is -2.87. The van der Waals surface area contributed by atoms with Gasteiger partial charge in [0, 0.05) is 17.3 Å². The first-order valence-corrected chi connectivity index (χ1v) is 5.58. The molecule has 0 aliphatic rings. The van der Waals surface area contributed by atoms with Crippen molar-refractivity contribution >= 4 is 11.7 Å². The lowest BCUT2D eigenvalue weighted by molar-refractivity contribution is 0.102. The van der Waals surface area contributed by atoms with Crippen LogP contribution in [0.4, 0.5) is 5.82 Å². The third kappa shape index (κ3) is 2.69. The molecule has 0 aliphatic heterocycles. The van der Waals surface area contributed by atoms with Crippen molar-refractivity contribution in [3.63, 3.8) is 0 Å². The van der Waals surface area contributed by atoms with Gasteiger partial charge in [-0.2, -0.15) is 5.26 Å². The van der Waals surface area contributed by atoms with Crippen molar-refractivity contribution in [2.75, 3.05) is 5.32 Å². The number of phenolic OH excluding ortho intramolecular Hbond substituents is 1. The van der Waals surface area contributed by atoms with Crippen molar-refractivity contribution in [1.29, 1.82) is 5.26 Å². The first kappa shape index (κ1) is 12.6. The lowest BCUT2D eigenvalue weighted by Gasteiger charge is -2.08. The Balaban J connectivity index is 2.21. The number of benzene rings is 1. The monoisotopic (exact) mass is 253 g/mol. The van der Waals surface area contributed by atoms with Gasteiger partial charge in [0.2, 0.25) is 0 Å². The average Bonchev–Trinajstić information content (AvgIpc) is 2.42. The van der Waals surface area contributed by atoms with Gasteiger partial charge in [-0.15, -0.1) is 0 Å². The fraction of sp³-hybridized carbons (Fsp3) is 0.0714. The van der Waals surface area contributed by atoms with E-state index in [2.05, 4.69) is 10.3 Å². The largest absolute Gasteiger partial charge is 0.508 e. The number of nitrogens with one attached hydrogen (secondary N) is 1. The number of anilines is 1. The summed E-state index contributed by atoms with van der Waals surface area (Å²) in [6.07, 6.45) is 1.38. The standard InChI is InChI=1S/C14H11N3O2/c1-9-11(3-2-4-12(9)18)14(19)17-13-6-5-10(7-15)8-16-13/h2-6,8,18H,1H3,(H,16,17,19). The van der Waals surface area contributed by atoms with Crippen LogP contribution in [0.5, 0.6) is 5.75 Å². The highest BCUT2D eigenvalue weighted by atomic mass is 16.3. The topological polar surface area (TPSA) is 86.0 Å². The van der Waals surface area contributed by atoms with Gasteiger partial charge in [-0.05, 0) is 31.2 Å². The van der Waals surface area contributed by atoms with Gasteiger partial charge in [0.15, 0.2) is 0 Å². The van der Waals surface area contributed by atoms with Crippen molar-refractivity contribution in [3.05, 3.63) is 53.2 Å². The molecule has 1 heterocycles. The number of amides is 1. The summed E-state index contributed by atoms with van der Waals surface area (Å²) in [6.45, 7) is 1.66. The van der Waals surface area contributed by atoms with Gasteiger partial charge >= 0.3 is 0 Å². The van der Waals surface area contributed by atoms with E-state index in [-0.39, 0.29) is 11.7 Å². The summed E-state index contributed by atoms with van der Waals surface area (Å²) in [5, 5.41) is 20.8. The third-order valence-corrected chi connectivity index (χ3v) is 2.68. The Morgan fingerprint density at radius 2 is 2.16 bits per heavy atom. The van der Waals surface area contributed by atoms with E-state index in [1.807, 2.05) is 6.07 Å². The molecule has 1 aromatic heterocycles. The highest BCUT2D eigenvalue weighted by Gasteiger charge is 2.11. The van der Waals surface area contributed by atoms with Crippen LogP contribution < -0.4 is 5.32 Å². The fourth-order valence-electron chi connectivity index (χ4n) is 1.59. The molecule has 1 amide bonds. The number of nitrogens with zero attached hydrogens (tertiary/aromatic N) is 2. The zero-order valence-corrected chi connectivity index (χ0v) is 10.2. The summed E-state index contributed by atoms with van der Waals surface area (Å²) < 4.78 is 0. The molecule has 2 aromatic rings. The van der Waals surface area contributed by atoms with Gasteiger partial charge in [0.05, 0.1) is 5.56 Å². The molecule has 0 saturated carbocycles. The number of pyridine rings is 1. The van der Waals surface area contributed by atoms with Crippen LogP contribution in [0.25, 0.3) is 0 Å². The molecule has 0 aliphatic carbocycles. The quantitative estimate of drug-likeness (QED) is 0.859. The third-order valence-electron chi connectivity index (χ3n) is 2.68. The second kappa shape index (κ2) is 5.19. The number of phenols is 1. The molecule has 0 fully saturated rings. The van der Waals surface area contributed by atoms with Crippen molar-refractivity contribution < 1.29 is 9.90 Å². The van der Waals surface area contributed by atoms with Crippen LogP contribution in [-0.2, 0) is 0 Å². The van der Waals surface area contributed by atoms with Gasteiger partial charge < -0.3 is 10.4 Å². The van der Waals surface area contributed by atoms with Gasteiger partial charge in [0.25, 0.3) is 5.91 Å². The molecule has 19 heavy (non-hydrogen) atoms. The normalized spacial score (nSPS) is 9.68. The van der Waals surface area contributed by atoms with Crippen molar-refractivity contribution in [2.45, 2.75) is 6.92 Å². The molecule has 0 unspecified atom stereocenters. The number of hydrogen-bond acceptors (Lipinski definition) is 4. The summed E-state index contributed by atoms with van der Waals surface area (Å²) in [7, 11) is 0. The van der Waals surface area contributed by atoms with Crippen LogP contribution in [0, 0.1) is 18.3 Å². The second-order valence-electron chi connectivity index (χ2n) is 3.95. The van der Waals surface area contributed by atoms with E-state index in [0.29, 0.717) is 22.5 Å². The van der Waals surface area contributed by atoms with Crippen LogP contribution >= 0.6 is 0 Å². The average molecular weight is 253 g/mol. The SMILES string of the molecule is Cc1c(O)cccc1C(=O)Nc1ccc(C#N)cn1. The summed E-state index contributed by atoms with van der Waals surface area (Å²) in [4.78, 5) is 16.0. The molecule has 0 bridgehead atoms. The molecule has 5 heteroatoms. The predicted molar refractivity (Wildman–Crippen MR) is 69.7 cm³/mol. The highest BCUT2D eigenvalue weighted by molar-refractivity contribution is 6.05. The lowest BCUT2D eigenvalue weighted by atomic mass is 10.1. The maximum atomic E-state index is 12.0. The molecule has 2 rings (SSSR count). The number of hydrogen-bond donors (Lipinski definition) is 2. The number of carbonyl (C=O) groups excluding carboxylic acids is 1. The number of aromatic hydroxyl groups is 1. The second-order valence-corrected chi connectivity index (χ2v) is 3.95.